The monoisotopic (exact) mass is 528 g/mol. The van der Waals surface area contributed by atoms with Crippen LogP contribution in [-0.4, -0.2) is 58.3 Å². The molecule has 2 aliphatic carbocycles. The van der Waals surface area contributed by atoms with Gasteiger partial charge < -0.3 is 19.1 Å². The van der Waals surface area contributed by atoms with Crippen LogP contribution in [-0.2, 0) is 20.7 Å². The number of hydrogen-bond acceptors (Lipinski definition) is 9. The maximum Gasteiger partial charge on any atom is 0.410 e. The summed E-state index contributed by atoms with van der Waals surface area (Å²) in [6, 6.07) is 2.24. The Morgan fingerprint density at radius 2 is 1.95 bits per heavy atom. The van der Waals surface area contributed by atoms with E-state index in [1.165, 1.54) is 11.2 Å². The topological polar surface area (TPSA) is 115 Å². The van der Waals surface area contributed by atoms with Crippen molar-refractivity contribution < 1.29 is 23.8 Å². The van der Waals surface area contributed by atoms with E-state index in [0.717, 1.165) is 54.3 Å². The van der Waals surface area contributed by atoms with Gasteiger partial charge in [-0.3, -0.25) is 4.79 Å². The Morgan fingerprint density at radius 1 is 1.22 bits per heavy atom. The van der Waals surface area contributed by atoms with Crippen molar-refractivity contribution in [2.45, 2.75) is 96.3 Å². The van der Waals surface area contributed by atoms with Crippen LogP contribution in [0.2, 0.25) is 0 Å². The predicted molar refractivity (Wildman–Crippen MR) is 139 cm³/mol. The first kappa shape index (κ1) is 27.1. The Kier molecular flexibility index (Phi) is 8.22. The van der Waals surface area contributed by atoms with E-state index in [-0.39, 0.29) is 30.8 Å². The third-order valence-electron chi connectivity index (χ3n) is 7.09. The summed E-state index contributed by atoms with van der Waals surface area (Å²) < 4.78 is 17.1. The third kappa shape index (κ3) is 6.15. The molecule has 1 fully saturated rings. The zero-order valence-corrected chi connectivity index (χ0v) is 23.1. The lowest BCUT2D eigenvalue weighted by atomic mass is 9.90. The molecule has 2 aliphatic rings. The minimum absolute atomic E-state index is 0.0109. The van der Waals surface area contributed by atoms with Gasteiger partial charge in [0.15, 0.2) is 0 Å². The fraction of sp³-hybridized carbons (Fsp3) is 0.667. The first-order chi connectivity index (χ1) is 17.6. The lowest BCUT2D eigenvalue weighted by Crippen LogP contribution is -2.43. The number of nitrogens with zero attached hydrogens (tertiary/aromatic N) is 4. The van der Waals surface area contributed by atoms with Gasteiger partial charge in [-0.1, -0.05) is 0 Å². The van der Waals surface area contributed by atoms with E-state index < -0.39 is 17.5 Å². The number of amides is 1. The van der Waals surface area contributed by atoms with E-state index in [4.69, 9.17) is 14.2 Å². The highest BCUT2D eigenvalue weighted by Gasteiger charge is 2.35. The molecule has 0 saturated heterocycles. The minimum Gasteiger partial charge on any atom is -0.474 e. The quantitative estimate of drug-likeness (QED) is 0.441. The number of carbonyl (C=O) groups excluding carboxylic acids is 2. The average molecular weight is 529 g/mol. The molecule has 1 saturated carbocycles. The number of ether oxygens (including phenoxy) is 3. The van der Waals surface area contributed by atoms with E-state index in [1.54, 1.807) is 30.2 Å². The highest BCUT2D eigenvalue weighted by atomic mass is 32.1. The first-order valence-corrected chi connectivity index (χ1v) is 13.9. The molecule has 9 nitrogen and oxygen atoms in total. The van der Waals surface area contributed by atoms with Gasteiger partial charge in [-0.25, -0.2) is 14.8 Å². The summed E-state index contributed by atoms with van der Waals surface area (Å²) in [6.45, 7) is 7.62. The zero-order valence-electron chi connectivity index (χ0n) is 22.3. The molecular weight excluding hydrogens is 492 g/mol. The molecule has 37 heavy (non-hydrogen) atoms. The summed E-state index contributed by atoms with van der Waals surface area (Å²) in [4.78, 5) is 37.5. The number of fused-ring (bicyclic) bond motifs is 3. The number of nitriles is 1. The van der Waals surface area contributed by atoms with Gasteiger partial charge in [-0.15, -0.1) is 11.3 Å². The van der Waals surface area contributed by atoms with Crippen LogP contribution in [0.4, 0.5) is 4.79 Å². The standard InChI is InChI=1S/C27H36N4O5S/c1-6-34-25(32)17(14-28)13-16-7-12-20-21(16)22-23(29-15-30-24(22)37-20)35-19-10-8-18(9-11-19)31(5)26(33)36-27(2,3)4/h15-19H,6-13H2,1-5H3/t16-,17?,18-,19-/m1/s1. The molecule has 2 heterocycles. The molecule has 0 aliphatic heterocycles. The first-order valence-electron chi connectivity index (χ1n) is 13.1. The Labute approximate surface area is 222 Å². The number of aromatic nitrogens is 2. The molecular formula is C27H36N4O5S. The summed E-state index contributed by atoms with van der Waals surface area (Å²) in [7, 11) is 1.80. The molecule has 0 aromatic carbocycles. The van der Waals surface area contributed by atoms with Crippen LogP contribution in [0.15, 0.2) is 6.33 Å². The van der Waals surface area contributed by atoms with E-state index in [0.29, 0.717) is 12.3 Å². The summed E-state index contributed by atoms with van der Waals surface area (Å²) in [5.74, 6) is -0.622. The van der Waals surface area contributed by atoms with Crippen LogP contribution in [0, 0.1) is 17.2 Å². The molecule has 1 unspecified atom stereocenters. The normalized spacial score (nSPS) is 22.1. The van der Waals surface area contributed by atoms with Gasteiger partial charge in [-0.05, 0) is 84.1 Å². The van der Waals surface area contributed by atoms with Crippen LogP contribution in [0.25, 0.3) is 10.2 Å². The molecule has 2 aromatic heterocycles. The van der Waals surface area contributed by atoms with Crippen molar-refractivity contribution >= 4 is 33.6 Å². The van der Waals surface area contributed by atoms with E-state index >= 15 is 0 Å². The van der Waals surface area contributed by atoms with Crippen molar-refractivity contribution in [2.75, 3.05) is 13.7 Å². The van der Waals surface area contributed by atoms with Crippen molar-refractivity contribution in [1.29, 1.82) is 5.26 Å². The summed E-state index contributed by atoms with van der Waals surface area (Å²) >= 11 is 1.64. The molecule has 10 heteroatoms. The largest absolute Gasteiger partial charge is 0.474 e. The Bertz CT molecular complexity index is 1180. The maximum absolute atomic E-state index is 12.5. The molecule has 200 valence electrons. The highest BCUT2D eigenvalue weighted by molar-refractivity contribution is 7.19. The number of aryl methyl sites for hydroxylation is 1. The van der Waals surface area contributed by atoms with Gasteiger partial charge in [0.2, 0.25) is 5.88 Å². The van der Waals surface area contributed by atoms with Gasteiger partial charge >= 0.3 is 12.1 Å². The predicted octanol–water partition coefficient (Wildman–Crippen LogP) is 5.37. The molecule has 2 atom stereocenters. The number of thiophene rings is 1. The fourth-order valence-electron chi connectivity index (χ4n) is 5.29. The molecule has 0 bridgehead atoms. The van der Waals surface area contributed by atoms with Gasteiger partial charge in [0, 0.05) is 18.0 Å². The van der Waals surface area contributed by atoms with Gasteiger partial charge in [-0.2, -0.15) is 5.26 Å². The zero-order chi connectivity index (χ0) is 26.7. The van der Waals surface area contributed by atoms with Gasteiger partial charge in [0.05, 0.1) is 18.1 Å². The van der Waals surface area contributed by atoms with Crippen LogP contribution in [0.1, 0.15) is 82.6 Å². The fourth-order valence-corrected chi connectivity index (χ4v) is 6.52. The summed E-state index contributed by atoms with van der Waals surface area (Å²) in [6.07, 6.45) is 6.67. The second kappa shape index (κ2) is 11.2. The van der Waals surface area contributed by atoms with Crippen LogP contribution in [0.5, 0.6) is 5.88 Å². The summed E-state index contributed by atoms with van der Waals surface area (Å²) in [5, 5.41) is 10.5. The second-order valence-corrected chi connectivity index (χ2v) is 11.9. The van der Waals surface area contributed by atoms with Crippen molar-refractivity contribution in [3.05, 3.63) is 16.8 Å². The number of carbonyl (C=O) groups is 2. The SMILES string of the molecule is CCOC(=O)C(C#N)C[C@H]1CCc2sc3ncnc(O[C@H]4CC[C@H](N(C)C(=O)OC(C)(C)C)CC4)c3c21. The van der Waals surface area contributed by atoms with Crippen molar-refractivity contribution in [3.8, 4) is 11.9 Å². The molecule has 2 aromatic rings. The van der Waals surface area contributed by atoms with E-state index in [9.17, 15) is 14.9 Å². The van der Waals surface area contributed by atoms with E-state index in [2.05, 4.69) is 16.0 Å². The second-order valence-electron chi connectivity index (χ2n) is 10.8. The summed E-state index contributed by atoms with van der Waals surface area (Å²) in [5.41, 5.74) is 0.602. The third-order valence-corrected chi connectivity index (χ3v) is 8.27. The Morgan fingerprint density at radius 3 is 2.59 bits per heavy atom. The molecule has 0 N–H and O–H groups in total. The van der Waals surface area contributed by atoms with Crippen molar-refractivity contribution in [1.82, 2.24) is 14.9 Å². The minimum atomic E-state index is -0.794. The van der Waals surface area contributed by atoms with Crippen molar-refractivity contribution in [3.63, 3.8) is 0 Å². The van der Waals surface area contributed by atoms with E-state index in [1.807, 2.05) is 20.8 Å². The molecule has 0 spiro atoms. The lowest BCUT2D eigenvalue weighted by molar-refractivity contribution is -0.146. The Hall–Kier alpha value is -2.93. The van der Waals surface area contributed by atoms with Gasteiger partial charge in [0.25, 0.3) is 0 Å². The number of rotatable bonds is 7. The van der Waals surface area contributed by atoms with Crippen LogP contribution in [0.3, 0.4) is 0 Å². The van der Waals surface area contributed by atoms with Crippen LogP contribution < -0.4 is 4.74 Å². The molecule has 0 radical (unpaired) electrons. The Balaban J connectivity index is 1.46. The number of esters is 1. The highest BCUT2D eigenvalue weighted by Crippen LogP contribution is 2.48. The molecule has 4 rings (SSSR count). The smallest absolute Gasteiger partial charge is 0.410 e. The average Bonchev–Trinajstić information content (AvgIpc) is 3.41. The van der Waals surface area contributed by atoms with Gasteiger partial charge in [0.1, 0.15) is 28.8 Å². The molecule has 1 amide bonds. The van der Waals surface area contributed by atoms with Crippen LogP contribution >= 0.6 is 11.3 Å². The maximum atomic E-state index is 12.5. The number of hydrogen-bond donors (Lipinski definition) is 0. The van der Waals surface area contributed by atoms with Crippen molar-refractivity contribution in [2.24, 2.45) is 5.92 Å². The lowest BCUT2D eigenvalue weighted by Gasteiger charge is -2.35.